The maximum Gasteiger partial charge on any atom is 0.243 e. The molecule has 2 N–H and O–H groups in total. The normalized spacial score (nSPS) is 9.88. The molecule has 5 nitrogen and oxygen atoms in total. The van der Waals surface area contributed by atoms with Gasteiger partial charge in [0.1, 0.15) is 5.75 Å². The van der Waals surface area contributed by atoms with Crippen molar-refractivity contribution in [3.05, 3.63) is 48.0 Å². The smallest absolute Gasteiger partial charge is 0.243 e. The van der Waals surface area contributed by atoms with Crippen LogP contribution in [-0.2, 0) is 4.79 Å². The number of nitrogens with zero attached hydrogens (tertiary/aromatic N) is 1. The first-order valence-corrected chi connectivity index (χ1v) is 8.39. The Balaban J connectivity index is 2.00. The number of methoxy groups -OCH3 is 1. The summed E-state index contributed by atoms with van der Waals surface area (Å²) in [5, 5.41) is 14.7. The van der Waals surface area contributed by atoms with Crippen LogP contribution < -0.4 is 15.4 Å². The van der Waals surface area contributed by atoms with Crippen molar-refractivity contribution in [1.82, 2.24) is 0 Å². The standard InChI is InChI=1S/C18H19N3O2S/c1-13-7-8-16(23-2)15(11-13)20-12-18(22)21-14-5-3-4-6-17(14)24-10-9-19/h3-8,11,20H,10,12H2,1-2H3,(H,21,22). The van der Waals surface area contributed by atoms with Crippen LogP contribution in [0, 0.1) is 18.3 Å². The van der Waals surface area contributed by atoms with Crippen molar-refractivity contribution < 1.29 is 9.53 Å². The van der Waals surface area contributed by atoms with Crippen molar-refractivity contribution >= 4 is 29.0 Å². The highest BCUT2D eigenvalue weighted by atomic mass is 32.2. The minimum Gasteiger partial charge on any atom is -0.495 e. The van der Waals surface area contributed by atoms with Crippen molar-refractivity contribution in [3.8, 4) is 11.8 Å². The lowest BCUT2D eigenvalue weighted by Gasteiger charge is -2.13. The summed E-state index contributed by atoms with van der Waals surface area (Å²) < 4.78 is 5.29. The number of carbonyl (C=O) groups excluding carboxylic acids is 1. The van der Waals surface area contributed by atoms with Crippen LogP contribution >= 0.6 is 11.8 Å². The summed E-state index contributed by atoms with van der Waals surface area (Å²) in [7, 11) is 1.60. The van der Waals surface area contributed by atoms with Gasteiger partial charge < -0.3 is 15.4 Å². The Bertz CT molecular complexity index is 756. The number of nitriles is 1. The number of amides is 1. The Hall–Kier alpha value is -2.65. The van der Waals surface area contributed by atoms with Crippen LogP contribution in [0.2, 0.25) is 0 Å². The van der Waals surface area contributed by atoms with Gasteiger partial charge in [-0.05, 0) is 36.8 Å². The quantitative estimate of drug-likeness (QED) is 0.752. The number of hydrogen-bond acceptors (Lipinski definition) is 5. The van der Waals surface area contributed by atoms with Crippen LogP contribution in [0.3, 0.4) is 0 Å². The number of thioether (sulfide) groups is 1. The number of para-hydroxylation sites is 1. The molecular formula is C18H19N3O2S. The van der Waals surface area contributed by atoms with E-state index in [1.165, 1.54) is 11.8 Å². The van der Waals surface area contributed by atoms with Gasteiger partial charge in [-0.2, -0.15) is 5.26 Å². The van der Waals surface area contributed by atoms with E-state index in [0.717, 1.165) is 16.1 Å². The van der Waals surface area contributed by atoms with E-state index < -0.39 is 0 Å². The molecule has 0 radical (unpaired) electrons. The molecule has 0 heterocycles. The molecule has 124 valence electrons. The van der Waals surface area contributed by atoms with Gasteiger partial charge in [0.05, 0.1) is 36.9 Å². The lowest BCUT2D eigenvalue weighted by Crippen LogP contribution is -2.22. The zero-order valence-corrected chi connectivity index (χ0v) is 14.4. The second-order valence-electron chi connectivity index (χ2n) is 5.05. The number of nitrogens with one attached hydrogen (secondary N) is 2. The summed E-state index contributed by atoms with van der Waals surface area (Å²) in [5.41, 5.74) is 2.57. The fraction of sp³-hybridized carbons (Fsp3) is 0.222. The van der Waals surface area contributed by atoms with Gasteiger partial charge in [0.15, 0.2) is 0 Å². The molecule has 2 aromatic carbocycles. The van der Waals surface area contributed by atoms with Crippen molar-refractivity contribution in [3.63, 3.8) is 0 Å². The van der Waals surface area contributed by atoms with E-state index in [2.05, 4.69) is 16.7 Å². The summed E-state index contributed by atoms with van der Waals surface area (Å²) in [6, 6.07) is 15.3. The Labute approximate surface area is 146 Å². The second-order valence-corrected chi connectivity index (χ2v) is 6.07. The van der Waals surface area contributed by atoms with E-state index in [9.17, 15) is 4.79 Å². The van der Waals surface area contributed by atoms with Gasteiger partial charge in [-0.15, -0.1) is 11.8 Å². The van der Waals surface area contributed by atoms with Crippen molar-refractivity contribution in [1.29, 1.82) is 5.26 Å². The molecule has 6 heteroatoms. The highest BCUT2D eigenvalue weighted by Crippen LogP contribution is 2.27. The van der Waals surface area contributed by atoms with E-state index in [0.29, 0.717) is 17.2 Å². The van der Waals surface area contributed by atoms with Gasteiger partial charge in [0, 0.05) is 4.90 Å². The molecule has 1 amide bonds. The third kappa shape index (κ3) is 4.93. The Morgan fingerprint density at radius 1 is 1.25 bits per heavy atom. The zero-order chi connectivity index (χ0) is 17.4. The molecule has 24 heavy (non-hydrogen) atoms. The second kappa shape index (κ2) is 8.85. The number of ether oxygens (including phenoxy) is 1. The molecular weight excluding hydrogens is 322 g/mol. The van der Waals surface area contributed by atoms with E-state index in [1.807, 2.05) is 49.4 Å². The Morgan fingerprint density at radius 3 is 2.79 bits per heavy atom. The van der Waals surface area contributed by atoms with E-state index in [4.69, 9.17) is 10.00 Å². The summed E-state index contributed by atoms with van der Waals surface area (Å²) >= 11 is 1.40. The summed E-state index contributed by atoms with van der Waals surface area (Å²) in [5.74, 6) is 0.868. The largest absolute Gasteiger partial charge is 0.495 e. The number of carbonyl (C=O) groups is 1. The van der Waals surface area contributed by atoms with Crippen LogP contribution in [0.5, 0.6) is 5.75 Å². The predicted molar refractivity (Wildman–Crippen MR) is 97.6 cm³/mol. The third-order valence-electron chi connectivity index (χ3n) is 3.25. The molecule has 0 saturated carbocycles. The summed E-state index contributed by atoms with van der Waals surface area (Å²) in [6.07, 6.45) is 0. The van der Waals surface area contributed by atoms with Gasteiger partial charge in [-0.25, -0.2) is 0 Å². The molecule has 0 aliphatic carbocycles. The van der Waals surface area contributed by atoms with Crippen LogP contribution in [0.1, 0.15) is 5.56 Å². The van der Waals surface area contributed by atoms with E-state index >= 15 is 0 Å². The first-order valence-electron chi connectivity index (χ1n) is 7.41. The lowest BCUT2D eigenvalue weighted by molar-refractivity contribution is -0.114. The molecule has 0 unspecified atom stereocenters. The molecule has 0 bridgehead atoms. The van der Waals surface area contributed by atoms with Crippen molar-refractivity contribution in [2.75, 3.05) is 30.0 Å². The predicted octanol–water partition coefficient (Wildman–Crippen LogP) is 3.67. The number of rotatable bonds is 7. The average Bonchev–Trinajstić information content (AvgIpc) is 2.59. The van der Waals surface area contributed by atoms with Gasteiger partial charge in [-0.3, -0.25) is 4.79 Å². The monoisotopic (exact) mass is 341 g/mol. The number of aryl methyl sites for hydroxylation is 1. The molecule has 2 rings (SSSR count). The fourth-order valence-corrected chi connectivity index (χ4v) is 2.81. The molecule has 0 aromatic heterocycles. The summed E-state index contributed by atoms with van der Waals surface area (Å²) in [6.45, 7) is 2.10. The number of anilines is 2. The first-order chi connectivity index (χ1) is 11.6. The van der Waals surface area contributed by atoms with Crippen LogP contribution in [0.15, 0.2) is 47.4 Å². The lowest BCUT2D eigenvalue weighted by atomic mass is 10.2. The maximum atomic E-state index is 12.2. The molecule has 0 aliphatic rings. The Kier molecular flexibility index (Phi) is 6.52. The van der Waals surface area contributed by atoms with Crippen LogP contribution in [0.25, 0.3) is 0 Å². The molecule has 0 fully saturated rings. The fourth-order valence-electron chi connectivity index (χ4n) is 2.14. The third-order valence-corrected chi connectivity index (χ3v) is 4.19. The highest BCUT2D eigenvalue weighted by molar-refractivity contribution is 7.99. The first kappa shape index (κ1) is 17.7. The SMILES string of the molecule is COc1ccc(C)cc1NCC(=O)Nc1ccccc1SCC#N. The molecule has 0 spiro atoms. The maximum absolute atomic E-state index is 12.2. The van der Waals surface area contributed by atoms with E-state index in [-0.39, 0.29) is 12.5 Å². The minimum absolute atomic E-state index is 0.122. The highest BCUT2D eigenvalue weighted by Gasteiger charge is 2.09. The van der Waals surface area contributed by atoms with Gasteiger partial charge in [0.25, 0.3) is 0 Å². The molecule has 0 aliphatic heterocycles. The van der Waals surface area contributed by atoms with Crippen molar-refractivity contribution in [2.24, 2.45) is 0 Å². The van der Waals surface area contributed by atoms with E-state index in [1.54, 1.807) is 7.11 Å². The zero-order valence-electron chi connectivity index (χ0n) is 13.6. The molecule has 0 saturated heterocycles. The number of hydrogen-bond donors (Lipinski definition) is 2. The van der Waals surface area contributed by atoms with Crippen LogP contribution in [0.4, 0.5) is 11.4 Å². The van der Waals surface area contributed by atoms with Crippen molar-refractivity contribution in [2.45, 2.75) is 11.8 Å². The molecule has 0 atom stereocenters. The summed E-state index contributed by atoms with van der Waals surface area (Å²) in [4.78, 5) is 13.1. The average molecular weight is 341 g/mol. The minimum atomic E-state index is -0.163. The Morgan fingerprint density at radius 2 is 2.04 bits per heavy atom. The van der Waals surface area contributed by atoms with Gasteiger partial charge >= 0.3 is 0 Å². The topological polar surface area (TPSA) is 74.2 Å². The van der Waals surface area contributed by atoms with Gasteiger partial charge in [-0.1, -0.05) is 18.2 Å². The van der Waals surface area contributed by atoms with Gasteiger partial charge in [0.2, 0.25) is 5.91 Å². The number of benzene rings is 2. The van der Waals surface area contributed by atoms with Crippen LogP contribution in [-0.4, -0.2) is 25.3 Å². The molecule has 2 aromatic rings.